The van der Waals surface area contributed by atoms with E-state index in [2.05, 4.69) is 29.6 Å². The molecule has 0 unspecified atom stereocenters. The van der Waals surface area contributed by atoms with Crippen molar-refractivity contribution in [3.05, 3.63) is 35.4 Å². The van der Waals surface area contributed by atoms with Gasteiger partial charge in [0.05, 0.1) is 0 Å². The van der Waals surface area contributed by atoms with Crippen LogP contribution in [-0.2, 0) is 11.2 Å². The maximum atomic E-state index is 11.0. The fraction of sp³-hybridized carbons (Fsp3) is 0.500. The van der Waals surface area contributed by atoms with Gasteiger partial charge in [-0.2, -0.15) is 0 Å². The molecule has 0 atom stereocenters. The average Bonchev–Trinajstić information content (AvgIpc) is 2.30. The lowest BCUT2D eigenvalue weighted by Gasteiger charge is -2.23. The summed E-state index contributed by atoms with van der Waals surface area (Å²) in [5.74, 6) is 0.933. The molecule has 1 N–H and O–H groups in total. The Balaban J connectivity index is 2.03. The van der Waals surface area contributed by atoms with Gasteiger partial charge in [0.25, 0.3) is 0 Å². The van der Waals surface area contributed by atoms with Crippen molar-refractivity contribution in [3.8, 4) is 0 Å². The average molecular weight is 217 g/mol. The van der Waals surface area contributed by atoms with E-state index < -0.39 is 0 Å². The van der Waals surface area contributed by atoms with Crippen molar-refractivity contribution >= 4 is 5.78 Å². The number of ketones is 1. The Morgan fingerprint density at radius 1 is 1.25 bits per heavy atom. The Bertz CT molecular complexity index is 350. The molecule has 1 saturated heterocycles. The van der Waals surface area contributed by atoms with Crippen LogP contribution in [0.25, 0.3) is 0 Å². The molecule has 0 spiro atoms. The Labute approximate surface area is 97.1 Å². The number of hydrogen-bond donors (Lipinski definition) is 1. The summed E-state index contributed by atoms with van der Waals surface area (Å²) < 4.78 is 0. The maximum Gasteiger partial charge on any atom is 0.134 e. The lowest BCUT2D eigenvalue weighted by Crippen LogP contribution is -2.26. The van der Waals surface area contributed by atoms with Crippen LogP contribution in [0, 0.1) is 0 Å². The predicted octanol–water partition coefficient (Wildman–Crippen LogP) is 2.29. The normalized spacial score (nSPS) is 17.3. The third kappa shape index (κ3) is 2.92. The molecule has 16 heavy (non-hydrogen) atoms. The van der Waals surface area contributed by atoms with Gasteiger partial charge >= 0.3 is 0 Å². The minimum Gasteiger partial charge on any atom is -0.317 e. The van der Waals surface area contributed by atoms with Crippen molar-refractivity contribution in [1.82, 2.24) is 5.32 Å². The molecule has 1 fully saturated rings. The van der Waals surface area contributed by atoms with E-state index >= 15 is 0 Å². The molecule has 0 amide bonds. The van der Waals surface area contributed by atoms with Crippen molar-refractivity contribution in [2.75, 3.05) is 13.1 Å². The zero-order chi connectivity index (χ0) is 11.4. The first-order chi connectivity index (χ1) is 7.75. The van der Waals surface area contributed by atoms with Gasteiger partial charge in [0.2, 0.25) is 0 Å². The fourth-order valence-electron chi connectivity index (χ4n) is 2.35. The molecule has 0 radical (unpaired) electrons. The van der Waals surface area contributed by atoms with Gasteiger partial charge in [-0.05, 0) is 49.9 Å². The molecule has 0 aliphatic carbocycles. The monoisotopic (exact) mass is 217 g/mol. The molecule has 1 aromatic carbocycles. The minimum absolute atomic E-state index is 0.231. The van der Waals surface area contributed by atoms with Crippen LogP contribution in [0.1, 0.15) is 36.8 Å². The standard InChI is InChI=1S/C14H19NO/c1-11(16)10-12-2-4-13(5-3-12)14-6-8-15-9-7-14/h2-5,14-15H,6-10H2,1H3. The van der Waals surface area contributed by atoms with Crippen LogP contribution in [0.5, 0.6) is 0 Å². The van der Waals surface area contributed by atoms with Gasteiger partial charge in [-0.1, -0.05) is 24.3 Å². The molecule has 2 heteroatoms. The zero-order valence-corrected chi connectivity index (χ0v) is 9.83. The first-order valence-corrected chi connectivity index (χ1v) is 6.04. The molecule has 0 bridgehead atoms. The number of piperidine rings is 1. The van der Waals surface area contributed by atoms with E-state index in [1.54, 1.807) is 6.92 Å². The quantitative estimate of drug-likeness (QED) is 0.841. The highest BCUT2D eigenvalue weighted by molar-refractivity contribution is 5.78. The number of rotatable bonds is 3. The van der Waals surface area contributed by atoms with Gasteiger partial charge < -0.3 is 5.32 Å². The number of carbonyl (C=O) groups excluding carboxylic acids is 1. The van der Waals surface area contributed by atoms with Crippen LogP contribution in [0.4, 0.5) is 0 Å². The maximum absolute atomic E-state index is 11.0. The van der Waals surface area contributed by atoms with Gasteiger partial charge in [0.15, 0.2) is 0 Å². The predicted molar refractivity (Wildman–Crippen MR) is 65.7 cm³/mol. The molecule has 0 aromatic heterocycles. The summed E-state index contributed by atoms with van der Waals surface area (Å²) in [6.07, 6.45) is 3.02. The van der Waals surface area contributed by atoms with E-state index in [1.807, 2.05) is 0 Å². The van der Waals surface area contributed by atoms with Crippen LogP contribution in [0.2, 0.25) is 0 Å². The second kappa shape index (κ2) is 5.26. The summed E-state index contributed by atoms with van der Waals surface area (Å²) >= 11 is 0. The lowest BCUT2D eigenvalue weighted by atomic mass is 9.89. The highest BCUT2D eigenvalue weighted by Crippen LogP contribution is 2.25. The number of Topliss-reactive ketones (excluding diaryl/α,β-unsaturated/α-hetero) is 1. The van der Waals surface area contributed by atoms with Gasteiger partial charge in [0, 0.05) is 6.42 Å². The second-order valence-electron chi connectivity index (χ2n) is 4.64. The summed E-state index contributed by atoms with van der Waals surface area (Å²) in [5.41, 5.74) is 2.55. The molecule has 1 heterocycles. The Kier molecular flexibility index (Phi) is 3.73. The van der Waals surface area contributed by atoms with E-state index in [0.717, 1.165) is 18.7 Å². The number of carbonyl (C=O) groups is 1. The van der Waals surface area contributed by atoms with Gasteiger partial charge in [-0.25, -0.2) is 0 Å². The Hall–Kier alpha value is -1.15. The summed E-state index contributed by atoms with van der Waals surface area (Å²) in [7, 11) is 0. The van der Waals surface area contributed by atoms with E-state index in [-0.39, 0.29) is 5.78 Å². The van der Waals surface area contributed by atoms with Crippen molar-refractivity contribution in [2.45, 2.75) is 32.1 Å². The topological polar surface area (TPSA) is 29.1 Å². The van der Waals surface area contributed by atoms with Crippen molar-refractivity contribution in [3.63, 3.8) is 0 Å². The molecule has 86 valence electrons. The highest BCUT2D eigenvalue weighted by Gasteiger charge is 2.14. The number of benzene rings is 1. The first-order valence-electron chi connectivity index (χ1n) is 6.04. The van der Waals surface area contributed by atoms with Crippen molar-refractivity contribution in [1.29, 1.82) is 0 Å². The van der Waals surface area contributed by atoms with E-state index in [1.165, 1.54) is 18.4 Å². The SMILES string of the molecule is CC(=O)Cc1ccc(C2CCNCC2)cc1. The molecule has 1 aliphatic rings. The van der Waals surface area contributed by atoms with E-state index in [9.17, 15) is 4.79 Å². The summed E-state index contributed by atoms with van der Waals surface area (Å²) in [6.45, 7) is 3.89. The van der Waals surface area contributed by atoms with Gasteiger partial charge in [-0.15, -0.1) is 0 Å². The molecule has 2 rings (SSSR count). The molecule has 1 aliphatic heterocycles. The molecule has 1 aromatic rings. The van der Waals surface area contributed by atoms with E-state index in [0.29, 0.717) is 12.3 Å². The zero-order valence-electron chi connectivity index (χ0n) is 9.83. The summed E-state index contributed by atoms with van der Waals surface area (Å²) in [6, 6.07) is 8.57. The number of hydrogen-bond acceptors (Lipinski definition) is 2. The first kappa shape index (κ1) is 11.3. The van der Waals surface area contributed by atoms with E-state index in [4.69, 9.17) is 0 Å². The van der Waals surface area contributed by atoms with Crippen LogP contribution < -0.4 is 5.32 Å². The van der Waals surface area contributed by atoms with Gasteiger partial charge in [-0.3, -0.25) is 4.79 Å². The van der Waals surface area contributed by atoms with Crippen molar-refractivity contribution in [2.24, 2.45) is 0 Å². The Morgan fingerprint density at radius 2 is 1.88 bits per heavy atom. The third-order valence-electron chi connectivity index (χ3n) is 3.24. The molecule has 2 nitrogen and oxygen atoms in total. The van der Waals surface area contributed by atoms with Crippen LogP contribution in [0.15, 0.2) is 24.3 Å². The summed E-state index contributed by atoms with van der Waals surface area (Å²) in [4.78, 5) is 11.0. The van der Waals surface area contributed by atoms with Crippen LogP contribution >= 0.6 is 0 Å². The molecular formula is C14H19NO. The summed E-state index contributed by atoms with van der Waals surface area (Å²) in [5, 5.41) is 3.38. The Morgan fingerprint density at radius 3 is 2.44 bits per heavy atom. The minimum atomic E-state index is 0.231. The third-order valence-corrected chi connectivity index (χ3v) is 3.24. The smallest absolute Gasteiger partial charge is 0.134 e. The van der Waals surface area contributed by atoms with Gasteiger partial charge in [0.1, 0.15) is 5.78 Å². The second-order valence-corrected chi connectivity index (χ2v) is 4.64. The highest BCUT2D eigenvalue weighted by atomic mass is 16.1. The lowest BCUT2D eigenvalue weighted by molar-refractivity contribution is -0.116. The molecular weight excluding hydrogens is 198 g/mol. The molecule has 0 saturated carbocycles. The van der Waals surface area contributed by atoms with Crippen LogP contribution in [0.3, 0.4) is 0 Å². The van der Waals surface area contributed by atoms with Crippen LogP contribution in [-0.4, -0.2) is 18.9 Å². The van der Waals surface area contributed by atoms with Crippen molar-refractivity contribution < 1.29 is 4.79 Å². The number of nitrogens with one attached hydrogen (secondary N) is 1. The fourth-order valence-corrected chi connectivity index (χ4v) is 2.35. The largest absolute Gasteiger partial charge is 0.317 e.